The number of nitrogens with zero attached hydrogens (tertiary/aromatic N) is 1. The molecule has 104 valence electrons. The van der Waals surface area contributed by atoms with Crippen molar-refractivity contribution in [3.05, 3.63) is 29.1 Å². The van der Waals surface area contributed by atoms with Gasteiger partial charge in [-0.2, -0.15) is 0 Å². The molecule has 2 N–H and O–H groups in total. The first-order valence-electron chi connectivity index (χ1n) is 5.75. The molecule has 0 aliphatic heterocycles. The van der Waals surface area contributed by atoms with Crippen molar-refractivity contribution in [3.8, 4) is 0 Å². The number of ether oxygens (including phenoxy) is 1. The Morgan fingerprint density at radius 2 is 2.00 bits per heavy atom. The molecular weight excluding hydrogens is 251 g/mol. The fraction of sp³-hybridized carbons (Fsp3) is 0.385. The van der Waals surface area contributed by atoms with Crippen LogP contribution in [-0.4, -0.2) is 37.5 Å². The lowest BCUT2D eigenvalue weighted by atomic mass is 10.1. The summed E-state index contributed by atoms with van der Waals surface area (Å²) in [5.74, 6) is -1.41. The van der Waals surface area contributed by atoms with Crippen molar-refractivity contribution in [1.82, 2.24) is 4.90 Å². The Bertz CT molecular complexity index is 478. The number of nitrogen functional groups attached to an aromatic ring is 1. The Morgan fingerprint density at radius 1 is 1.37 bits per heavy atom. The van der Waals surface area contributed by atoms with Crippen LogP contribution in [0.3, 0.4) is 0 Å². The molecule has 1 aromatic carbocycles. The maximum atomic E-state index is 13.4. The Hall–Kier alpha value is -2.11. The lowest BCUT2D eigenvalue weighted by Gasteiger charge is -2.10. The summed E-state index contributed by atoms with van der Waals surface area (Å²) in [5.41, 5.74) is 6.09. The van der Waals surface area contributed by atoms with Crippen molar-refractivity contribution in [3.63, 3.8) is 0 Å². The standard InChI is InChI=1S/C13H17FN2O3/c1-8-10(14)6-9(7-11(8)15)13(18)19-5-4-12(17)16(2)3/h6-7H,4-5,15H2,1-3H3. The summed E-state index contributed by atoms with van der Waals surface area (Å²) in [7, 11) is 3.22. The van der Waals surface area contributed by atoms with Gasteiger partial charge in [-0.05, 0) is 19.1 Å². The van der Waals surface area contributed by atoms with Crippen LogP contribution in [-0.2, 0) is 9.53 Å². The predicted molar refractivity (Wildman–Crippen MR) is 69.1 cm³/mol. The van der Waals surface area contributed by atoms with E-state index in [9.17, 15) is 14.0 Å². The Morgan fingerprint density at radius 3 is 2.53 bits per heavy atom. The molecule has 0 saturated heterocycles. The van der Waals surface area contributed by atoms with E-state index < -0.39 is 11.8 Å². The van der Waals surface area contributed by atoms with Crippen LogP contribution in [0.15, 0.2) is 12.1 Å². The summed E-state index contributed by atoms with van der Waals surface area (Å²) in [4.78, 5) is 24.3. The molecule has 0 heterocycles. The van der Waals surface area contributed by atoms with E-state index in [-0.39, 0.29) is 30.2 Å². The van der Waals surface area contributed by atoms with Crippen LogP contribution in [0.4, 0.5) is 10.1 Å². The molecule has 0 spiro atoms. The van der Waals surface area contributed by atoms with E-state index in [1.54, 1.807) is 14.1 Å². The number of carbonyl (C=O) groups is 2. The number of amides is 1. The third kappa shape index (κ3) is 3.94. The van der Waals surface area contributed by atoms with E-state index >= 15 is 0 Å². The number of hydrogen-bond acceptors (Lipinski definition) is 4. The summed E-state index contributed by atoms with van der Waals surface area (Å²) < 4.78 is 18.3. The minimum atomic E-state index is -0.697. The minimum absolute atomic E-state index is 0.0397. The van der Waals surface area contributed by atoms with Gasteiger partial charge in [0.05, 0.1) is 12.0 Å². The molecule has 0 bridgehead atoms. The van der Waals surface area contributed by atoms with Gasteiger partial charge in [-0.3, -0.25) is 4.79 Å². The molecular formula is C13H17FN2O3. The van der Waals surface area contributed by atoms with E-state index in [1.165, 1.54) is 17.9 Å². The zero-order chi connectivity index (χ0) is 14.6. The molecule has 0 radical (unpaired) electrons. The maximum absolute atomic E-state index is 13.4. The van der Waals surface area contributed by atoms with Crippen molar-refractivity contribution >= 4 is 17.6 Å². The van der Waals surface area contributed by atoms with Gasteiger partial charge < -0.3 is 15.4 Å². The first-order valence-corrected chi connectivity index (χ1v) is 5.75. The number of esters is 1. The molecule has 6 heteroatoms. The molecule has 1 amide bonds. The quantitative estimate of drug-likeness (QED) is 0.661. The van der Waals surface area contributed by atoms with Gasteiger partial charge in [-0.15, -0.1) is 0 Å². The summed E-state index contributed by atoms with van der Waals surface area (Å²) in [6.07, 6.45) is 0.0859. The van der Waals surface area contributed by atoms with E-state index in [1.807, 2.05) is 0 Å². The second kappa shape index (κ2) is 6.17. The van der Waals surface area contributed by atoms with Crippen molar-refractivity contribution in [1.29, 1.82) is 0 Å². The molecule has 0 atom stereocenters. The smallest absolute Gasteiger partial charge is 0.338 e. The second-order valence-electron chi connectivity index (χ2n) is 4.35. The zero-order valence-corrected chi connectivity index (χ0v) is 11.2. The number of anilines is 1. The summed E-state index contributed by atoms with van der Waals surface area (Å²) in [6, 6.07) is 2.43. The third-order valence-electron chi connectivity index (χ3n) is 2.67. The number of rotatable bonds is 4. The normalized spacial score (nSPS) is 10.1. The molecule has 1 rings (SSSR count). The highest BCUT2D eigenvalue weighted by molar-refractivity contribution is 5.91. The van der Waals surface area contributed by atoms with Gasteiger partial charge in [-0.1, -0.05) is 0 Å². The molecule has 0 saturated carbocycles. The van der Waals surface area contributed by atoms with Gasteiger partial charge in [-0.25, -0.2) is 9.18 Å². The van der Waals surface area contributed by atoms with E-state index in [4.69, 9.17) is 10.5 Å². The maximum Gasteiger partial charge on any atom is 0.338 e. The lowest BCUT2D eigenvalue weighted by molar-refractivity contribution is -0.129. The number of nitrogens with two attached hydrogens (primary N) is 1. The first kappa shape index (κ1) is 14.9. The Kier molecular flexibility index (Phi) is 4.86. The zero-order valence-electron chi connectivity index (χ0n) is 11.2. The van der Waals surface area contributed by atoms with Crippen LogP contribution in [0.5, 0.6) is 0 Å². The fourth-order valence-electron chi connectivity index (χ4n) is 1.36. The first-order chi connectivity index (χ1) is 8.82. The van der Waals surface area contributed by atoms with E-state index in [2.05, 4.69) is 0 Å². The average Bonchev–Trinajstić information content (AvgIpc) is 2.34. The Balaban J connectivity index is 2.62. The lowest BCUT2D eigenvalue weighted by Crippen LogP contribution is -2.23. The number of benzene rings is 1. The molecule has 0 aliphatic carbocycles. The van der Waals surface area contributed by atoms with Crippen LogP contribution >= 0.6 is 0 Å². The van der Waals surface area contributed by atoms with Crippen molar-refractivity contribution in [2.75, 3.05) is 26.4 Å². The molecule has 5 nitrogen and oxygen atoms in total. The highest BCUT2D eigenvalue weighted by Crippen LogP contribution is 2.18. The fourth-order valence-corrected chi connectivity index (χ4v) is 1.36. The number of halogens is 1. The summed E-state index contributed by atoms with van der Waals surface area (Å²) in [6.45, 7) is 1.47. The monoisotopic (exact) mass is 268 g/mol. The topological polar surface area (TPSA) is 72.6 Å². The minimum Gasteiger partial charge on any atom is -0.462 e. The number of carbonyl (C=O) groups excluding carboxylic acids is 2. The van der Waals surface area contributed by atoms with Crippen LogP contribution in [0.1, 0.15) is 22.3 Å². The van der Waals surface area contributed by atoms with Crippen LogP contribution in [0, 0.1) is 12.7 Å². The molecule has 0 aliphatic rings. The largest absolute Gasteiger partial charge is 0.462 e. The SMILES string of the molecule is Cc1c(N)cc(C(=O)OCCC(=O)N(C)C)cc1F. The van der Waals surface area contributed by atoms with Gasteiger partial charge in [0.15, 0.2) is 0 Å². The van der Waals surface area contributed by atoms with Crippen LogP contribution in [0.25, 0.3) is 0 Å². The Labute approximate surface area is 111 Å². The highest BCUT2D eigenvalue weighted by Gasteiger charge is 2.13. The average molecular weight is 268 g/mol. The van der Waals surface area contributed by atoms with Crippen LogP contribution < -0.4 is 5.73 Å². The van der Waals surface area contributed by atoms with E-state index in [0.29, 0.717) is 5.56 Å². The molecule has 0 fully saturated rings. The van der Waals surface area contributed by atoms with Gasteiger partial charge in [0, 0.05) is 25.3 Å². The number of hydrogen-bond donors (Lipinski definition) is 1. The summed E-state index contributed by atoms with van der Waals surface area (Å²) >= 11 is 0. The van der Waals surface area contributed by atoms with Gasteiger partial charge in [0.2, 0.25) is 5.91 Å². The predicted octanol–water partition coefficient (Wildman–Crippen LogP) is 1.35. The second-order valence-corrected chi connectivity index (χ2v) is 4.35. The highest BCUT2D eigenvalue weighted by atomic mass is 19.1. The summed E-state index contributed by atoms with van der Waals surface area (Å²) in [5, 5.41) is 0. The molecule has 0 aromatic heterocycles. The molecule has 1 aromatic rings. The van der Waals surface area contributed by atoms with E-state index in [0.717, 1.165) is 6.07 Å². The third-order valence-corrected chi connectivity index (χ3v) is 2.67. The van der Waals surface area contributed by atoms with Gasteiger partial charge in [0.25, 0.3) is 0 Å². The molecule has 19 heavy (non-hydrogen) atoms. The van der Waals surface area contributed by atoms with Crippen molar-refractivity contribution in [2.45, 2.75) is 13.3 Å². The van der Waals surface area contributed by atoms with Crippen molar-refractivity contribution in [2.24, 2.45) is 0 Å². The van der Waals surface area contributed by atoms with Gasteiger partial charge >= 0.3 is 5.97 Å². The van der Waals surface area contributed by atoms with Gasteiger partial charge in [0.1, 0.15) is 12.4 Å². The van der Waals surface area contributed by atoms with Crippen LogP contribution in [0.2, 0.25) is 0 Å². The molecule has 0 unspecified atom stereocenters. The van der Waals surface area contributed by atoms with Crippen molar-refractivity contribution < 1.29 is 18.7 Å².